The Morgan fingerprint density at radius 3 is 3.00 bits per heavy atom. The molecule has 0 radical (unpaired) electrons. The van der Waals surface area contributed by atoms with E-state index in [-0.39, 0.29) is 5.69 Å². The van der Waals surface area contributed by atoms with Gasteiger partial charge < -0.3 is 4.74 Å². The Hall–Kier alpha value is -2.37. The third-order valence-corrected chi connectivity index (χ3v) is 2.24. The van der Waals surface area contributed by atoms with Crippen molar-refractivity contribution in [3.8, 4) is 11.4 Å². The number of methoxy groups -OCH3 is 1. The predicted molar refractivity (Wildman–Crippen MR) is 62.4 cm³/mol. The minimum absolute atomic E-state index is 0.307. The zero-order valence-corrected chi connectivity index (χ0v) is 9.41. The van der Waals surface area contributed by atoms with Gasteiger partial charge in [0.15, 0.2) is 0 Å². The van der Waals surface area contributed by atoms with E-state index in [1.54, 1.807) is 37.5 Å². The average Bonchev–Trinajstić information content (AvgIpc) is 2.72. The van der Waals surface area contributed by atoms with Crippen LogP contribution in [-0.2, 0) is 6.54 Å². The lowest BCUT2D eigenvalue weighted by Gasteiger charge is -2.01. The van der Waals surface area contributed by atoms with Gasteiger partial charge in [-0.2, -0.15) is 9.36 Å². The summed E-state index contributed by atoms with van der Waals surface area (Å²) in [6.07, 6.45) is 1.59. The van der Waals surface area contributed by atoms with Crippen LogP contribution in [0.2, 0.25) is 0 Å². The molecular weight excluding hydrogens is 220 g/mol. The number of aromatic nitrogens is 4. The molecule has 0 amide bonds. The Kier molecular flexibility index (Phi) is 3.04. The molecule has 0 spiro atoms. The van der Waals surface area contributed by atoms with Crippen LogP contribution in [0.1, 0.15) is 0 Å². The van der Waals surface area contributed by atoms with Crippen molar-refractivity contribution in [3.63, 3.8) is 0 Å². The standard InChI is InChI=1S/C11H12N4O2/c1-3-7-14-11(16)15(13-12-14)9-5-4-6-10(8-9)17-2/h3-6,8H,1,7H2,2H3. The molecule has 0 saturated carbocycles. The quantitative estimate of drug-likeness (QED) is 0.725. The fourth-order valence-corrected chi connectivity index (χ4v) is 1.42. The van der Waals surface area contributed by atoms with Gasteiger partial charge in [0.1, 0.15) is 5.75 Å². The van der Waals surface area contributed by atoms with Gasteiger partial charge in [0.2, 0.25) is 0 Å². The van der Waals surface area contributed by atoms with Gasteiger partial charge in [-0.1, -0.05) is 12.1 Å². The van der Waals surface area contributed by atoms with E-state index in [1.807, 2.05) is 0 Å². The van der Waals surface area contributed by atoms with Gasteiger partial charge in [0.05, 0.1) is 19.3 Å². The summed E-state index contributed by atoms with van der Waals surface area (Å²) in [5, 5.41) is 7.54. The predicted octanol–water partition coefficient (Wildman–Crippen LogP) is 0.624. The van der Waals surface area contributed by atoms with Gasteiger partial charge in [-0.25, -0.2) is 4.79 Å². The van der Waals surface area contributed by atoms with Crippen LogP contribution in [-0.4, -0.2) is 26.9 Å². The fourth-order valence-electron chi connectivity index (χ4n) is 1.42. The lowest BCUT2D eigenvalue weighted by atomic mass is 10.3. The number of hydrogen-bond donors (Lipinski definition) is 0. The third kappa shape index (κ3) is 2.10. The average molecular weight is 232 g/mol. The number of ether oxygens (including phenoxy) is 1. The van der Waals surface area contributed by atoms with E-state index in [9.17, 15) is 4.79 Å². The Morgan fingerprint density at radius 1 is 1.47 bits per heavy atom. The number of tetrazole rings is 1. The summed E-state index contributed by atoms with van der Waals surface area (Å²) in [4.78, 5) is 11.9. The van der Waals surface area contributed by atoms with Crippen LogP contribution >= 0.6 is 0 Å². The second-order valence-electron chi connectivity index (χ2n) is 3.35. The first-order valence-electron chi connectivity index (χ1n) is 5.04. The fraction of sp³-hybridized carbons (Fsp3) is 0.182. The lowest BCUT2D eigenvalue weighted by molar-refractivity contribution is 0.414. The third-order valence-electron chi connectivity index (χ3n) is 2.24. The minimum Gasteiger partial charge on any atom is -0.497 e. The largest absolute Gasteiger partial charge is 0.497 e. The van der Waals surface area contributed by atoms with E-state index in [1.165, 1.54) is 9.36 Å². The topological polar surface area (TPSA) is 61.9 Å². The number of hydrogen-bond acceptors (Lipinski definition) is 4. The summed E-state index contributed by atoms with van der Waals surface area (Å²) >= 11 is 0. The van der Waals surface area contributed by atoms with Crippen molar-refractivity contribution >= 4 is 0 Å². The van der Waals surface area contributed by atoms with Crippen LogP contribution in [0.5, 0.6) is 5.75 Å². The minimum atomic E-state index is -0.307. The maximum absolute atomic E-state index is 11.9. The molecule has 6 nitrogen and oxygen atoms in total. The van der Waals surface area contributed by atoms with Gasteiger partial charge in [-0.15, -0.1) is 6.58 Å². The normalized spacial score (nSPS) is 10.2. The van der Waals surface area contributed by atoms with Crippen molar-refractivity contribution < 1.29 is 4.74 Å². The first-order chi connectivity index (χ1) is 8.26. The zero-order chi connectivity index (χ0) is 12.3. The summed E-state index contributed by atoms with van der Waals surface area (Å²) in [7, 11) is 1.57. The molecule has 88 valence electrons. The number of allylic oxidation sites excluding steroid dienone is 1. The summed E-state index contributed by atoms with van der Waals surface area (Å²) in [5.41, 5.74) is 0.308. The van der Waals surface area contributed by atoms with Crippen molar-refractivity contribution in [1.82, 2.24) is 19.8 Å². The van der Waals surface area contributed by atoms with E-state index in [0.717, 1.165) is 0 Å². The number of rotatable bonds is 4. The Morgan fingerprint density at radius 2 is 2.29 bits per heavy atom. The van der Waals surface area contributed by atoms with E-state index in [4.69, 9.17) is 4.74 Å². The highest BCUT2D eigenvalue weighted by atomic mass is 16.5. The molecule has 0 bridgehead atoms. The SMILES string of the molecule is C=CCn1nnn(-c2cccc(OC)c2)c1=O. The lowest BCUT2D eigenvalue weighted by Crippen LogP contribution is -2.23. The second-order valence-corrected chi connectivity index (χ2v) is 3.35. The van der Waals surface area contributed by atoms with Crippen LogP contribution in [0, 0.1) is 0 Å². The van der Waals surface area contributed by atoms with Crippen molar-refractivity contribution in [2.24, 2.45) is 0 Å². The van der Waals surface area contributed by atoms with Gasteiger partial charge in [-0.05, 0) is 22.6 Å². The summed E-state index contributed by atoms with van der Waals surface area (Å²) < 4.78 is 7.53. The van der Waals surface area contributed by atoms with Crippen molar-refractivity contribution in [1.29, 1.82) is 0 Å². The monoisotopic (exact) mass is 232 g/mol. The molecule has 0 N–H and O–H groups in total. The van der Waals surface area contributed by atoms with Crippen LogP contribution in [0.3, 0.4) is 0 Å². The molecule has 2 rings (SSSR count). The highest BCUT2D eigenvalue weighted by Crippen LogP contribution is 2.13. The maximum atomic E-state index is 11.9. The molecule has 1 aromatic carbocycles. The summed E-state index contributed by atoms with van der Waals surface area (Å²) in [5.74, 6) is 0.660. The molecule has 0 aliphatic carbocycles. The molecule has 0 aliphatic heterocycles. The molecule has 17 heavy (non-hydrogen) atoms. The molecule has 0 aliphatic rings. The Labute approximate surface area is 97.7 Å². The van der Waals surface area contributed by atoms with E-state index in [2.05, 4.69) is 17.0 Å². The van der Waals surface area contributed by atoms with Crippen LogP contribution in [0.25, 0.3) is 5.69 Å². The first-order valence-corrected chi connectivity index (χ1v) is 5.04. The van der Waals surface area contributed by atoms with Crippen LogP contribution in [0.4, 0.5) is 0 Å². The van der Waals surface area contributed by atoms with Gasteiger partial charge in [-0.3, -0.25) is 0 Å². The highest BCUT2D eigenvalue weighted by molar-refractivity contribution is 5.37. The highest BCUT2D eigenvalue weighted by Gasteiger charge is 2.07. The molecule has 0 fully saturated rings. The van der Waals surface area contributed by atoms with Crippen molar-refractivity contribution in [2.45, 2.75) is 6.54 Å². The number of nitrogens with zero attached hydrogens (tertiary/aromatic N) is 4. The molecule has 6 heteroatoms. The van der Waals surface area contributed by atoms with Crippen LogP contribution < -0.4 is 10.4 Å². The summed E-state index contributed by atoms with van der Waals surface area (Å²) in [6, 6.07) is 7.06. The van der Waals surface area contributed by atoms with Gasteiger partial charge in [0.25, 0.3) is 0 Å². The van der Waals surface area contributed by atoms with E-state index < -0.39 is 0 Å². The molecule has 0 unspecified atom stereocenters. The first kappa shape index (κ1) is 11.1. The molecule has 1 aromatic heterocycles. The maximum Gasteiger partial charge on any atom is 0.368 e. The molecule has 1 heterocycles. The smallest absolute Gasteiger partial charge is 0.368 e. The van der Waals surface area contributed by atoms with E-state index >= 15 is 0 Å². The van der Waals surface area contributed by atoms with Crippen LogP contribution in [0.15, 0.2) is 41.7 Å². The summed E-state index contributed by atoms with van der Waals surface area (Å²) in [6.45, 7) is 3.89. The molecule has 2 aromatic rings. The Bertz CT molecular complexity index is 585. The second kappa shape index (κ2) is 4.65. The van der Waals surface area contributed by atoms with Gasteiger partial charge in [0, 0.05) is 6.07 Å². The zero-order valence-electron chi connectivity index (χ0n) is 9.41. The molecule has 0 saturated heterocycles. The van der Waals surface area contributed by atoms with Crippen molar-refractivity contribution in [3.05, 3.63) is 47.4 Å². The van der Waals surface area contributed by atoms with Gasteiger partial charge >= 0.3 is 5.69 Å². The molecular formula is C11H12N4O2. The number of benzene rings is 1. The Balaban J connectivity index is 2.46. The molecule has 0 atom stereocenters. The van der Waals surface area contributed by atoms with Crippen molar-refractivity contribution in [2.75, 3.05) is 7.11 Å². The van der Waals surface area contributed by atoms with E-state index in [0.29, 0.717) is 18.0 Å².